The van der Waals surface area contributed by atoms with Gasteiger partial charge in [-0.1, -0.05) is 125 Å². The summed E-state index contributed by atoms with van der Waals surface area (Å²) < 4.78 is 13.1. The predicted molar refractivity (Wildman–Crippen MR) is 207 cm³/mol. The molecule has 242 valence electrons. The van der Waals surface area contributed by atoms with Crippen molar-refractivity contribution in [1.29, 1.82) is 0 Å². The van der Waals surface area contributed by atoms with Crippen LogP contribution in [0.2, 0.25) is 0 Å². The third-order valence-corrected chi connectivity index (χ3v) is 11.7. The molecule has 0 radical (unpaired) electrons. The lowest BCUT2D eigenvalue weighted by Crippen LogP contribution is -2.15. The molecule has 2 aliphatic carbocycles. The molecule has 0 saturated heterocycles. The summed E-state index contributed by atoms with van der Waals surface area (Å²) in [4.78, 5) is 0. The quantitative estimate of drug-likeness (QED) is 0.186. The Kier molecular flexibility index (Phi) is 6.13. The van der Waals surface area contributed by atoms with Gasteiger partial charge in [-0.3, -0.25) is 0 Å². The molecule has 0 spiro atoms. The van der Waals surface area contributed by atoms with Crippen molar-refractivity contribution in [2.24, 2.45) is 0 Å². The van der Waals surface area contributed by atoms with Crippen molar-refractivity contribution in [2.75, 3.05) is 6.61 Å². The molecular weight excluding hydrogens is 609 g/mol. The fraction of sp³-hybridized carbons (Fsp3) is 0.167. The fourth-order valence-corrected chi connectivity index (χ4v) is 8.93. The minimum Gasteiger partial charge on any atom is -0.485 e. The molecule has 2 heteroatoms. The van der Waals surface area contributed by atoms with E-state index in [1.807, 2.05) is 0 Å². The standard InChI is InChI=1S/C48H38O2/c1-47(2)40-13-7-5-11-34(40)36-21-18-32(27-42(36)47)29-10-9-25-49-45-30(16-15-29)17-23-38-39-26-31(20-24-44(39)50-46(38)45)33-19-22-37-35-12-6-8-14-41(35)48(3,4)43(37)28-33/h5-15,17-24,26-28H,16,25H2,1-4H3/b10-9-,29-15+. The molecular formula is C48H38O2. The van der Waals surface area contributed by atoms with E-state index in [1.54, 1.807) is 0 Å². The van der Waals surface area contributed by atoms with Crippen LogP contribution in [0.25, 0.3) is 60.9 Å². The number of fused-ring (bicyclic) bond motifs is 11. The maximum atomic E-state index is 6.57. The zero-order chi connectivity index (χ0) is 33.8. The molecule has 0 bridgehead atoms. The number of hydrogen-bond donors (Lipinski definition) is 0. The van der Waals surface area contributed by atoms with Crippen molar-refractivity contribution in [3.63, 3.8) is 0 Å². The molecule has 1 aliphatic heterocycles. The summed E-state index contributed by atoms with van der Waals surface area (Å²) in [6, 6.07) is 42.6. The van der Waals surface area contributed by atoms with E-state index in [0.717, 1.165) is 39.7 Å². The third kappa shape index (κ3) is 4.15. The van der Waals surface area contributed by atoms with Gasteiger partial charge in [-0.2, -0.15) is 0 Å². The van der Waals surface area contributed by atoms with Gasteiger partial charge in [0.2, 0.25) is 0 Å². The molecule has 0 saturated carbocycles. The van der Waals surface area contributed by atoms with Crippen LogP contribution in [0.4, 0.5) is 0 Å². The minimum absolute atomic E-state index is 0.0316. The van der Waals surface area contributed by atoms with Gasteiger partial charge >= 0.3 is 0 Å². The van der Waals surface area contributed by atoms with Crippen LogP contribution in [0.3, 0.4) is 0 Å². The Balaban J connectivity index is 1.01. The predicted octanol–water partition coefficient (Wildman–Crippen LogP) is 12.4. The number of ether oxygens (including phenoxy) is 1. The lowest BCUT2D eigenvalue weighted by atomic mass is 9.81. The molecule has 0 unspecified atom stereocenters. The summed E-state index contributed by atoms with van der Waals surface area (Å²) in [6.45, 7) is 9.83. The maximum Gasteiger partial charge on any atom is 0.177 e. The summed E-state index contributed by atoms with van der Waals surface area (Å²) in [6.07, 6.45) is 7.42. The molecule has 0 fully saturated rings. The number of furan rings is 1. The van der Waals surface area contributed by atoms with Gasteiger partial charge in [-0.15, -0.1) is 0 Å². The van der Waals surface area contributed by atoms with E-state index in [4.69, 9.17) is 9.15 Å². The van der Waals surface area contributed by atoms with Gasteiger partial charge in [0, 0.05) is 27.2 Å². The second kappa shape index (κ2) is 10.5. The molecule has 0 amide bonds. The molecule has 1 aromatic heterocycles. The summed E-state index contributed by atoms with van der Waals surface area (Å²) in [7, 11) is 0. The molecule has 6 aromatic carbocycles. The van der Waals surface area contributed by atoms with Crippen LogP contribution < -0.4 is 4.74 Å². The van der Waals surface area contributed by atoms with Gasteiger partial charge in [0.1, 0.15) is 12.2 Å². The van der Waals surface area contributed by atoms with E-state index in [0.29, 0.717) is 6.61 Å². The number of rotatable bonds is 2. The molecule has 2 heterocycles. The highest BCUT2D eigenvalue weighted by Gasteiger charge is 2.36. The second-order valence-electron chi connectivity index (χ2n) is 15.2. The first-order valence-corrected chi connectivity index (χ1v) is 17.8. The molecule has 0 N–H and O–H groups in total. The van der Waals surface area contributed by atoms with Crippen molar-refractivity contribution in [3.05, 3.63) is 167 Å². The first kappa shape index (κ1) is 29.3. The Morgan fingerprint density at radius 2 is 1.14 bits per heavy atom. The van der Waals surface area contributed by atoms with Crippen LogP contribution in [0, 0.1) is 0 Å². The van der Waals surface area contributed by atoms with E-state index >= 15 is 0 Å². The van der Waals surface area contributed by atoms with Gasteiger partial charge in [0.05, 0.1) is 0 Å². The Morgan fingerprint density at radius 1 is 0.540 bits per heavy atom. The SMILES string of the molecule is CC1(C)c2ccccc2-c2ccc(C3=C/Cc4ccc5c(oc6ccc(-c7ccc8c(c7)C(C)(C)c7ccccc7-8)cc65)c4OC/C=C\3)cc21. The van der Waals surface area contributed by atoms with Gasteiger partial charge in [0.25, 0.3) is 0 Å². The second-order valence-corrected chi connectivity index (χ2v) is 15.2. The van der Waals surface area contributed by atoms with Crippen molar-refractivity contribution in [1.82, 2.24) is 0 Å². The molecule has 10 rings (SSSR count). The molecule has 0 atom stereocenters. The van der Waals surface area contributed by atoms with Gasteiger partial charge in [-0.05, 0) is 110 Å². The average molecular weight is 647 g/mol. The summed E-state index contributed by atoms with van der Waals surface area (Å²) in [5, 5.41) is 2.20. The molecule has 2 nitrogen and oxygen atoms in total. The van der Waals surface area contributed by atoms with Crippen LogP contribution >= 0.6 is 0 Å². The van der Waals surface area contributed by atoms with Crippen LogP contribution in [-0.4, -0.2) is 6.61 Å². The Bertz CT molecular complexity index is 2620. The summed E-state index contributed by atoms with van der Waals surface area (Å²) in [5.74, 6) is 0.838. The summed E-state index contributed by atoms with van der Waals surface area (Å²) in [5.41, 5.74) is 18.6. The topological polar surface area (TPSA) is 22.4 Å². The zero-order valence-corrected chi connectivity index (χ0v) is 28.9. The first-order chi connectivity index (χ1) is 24.3. The van der Waals surface area contributed by atoms with Crippen LogP contribution in [0.15, 0.2) is 138 Å². The van der Waals surface area contributed by atoms with Gasteiger partial charge < -0.3 is 9.15 Å². The highest BCUT2D eigenvalue weighted by Crippen LogP contribution is 2.51. The van der Waals surface area contributed by atoms with Gasteiger partial charge in [0.15, 0.2) is 11.3 Å². The van der Waals surface area contributed by atoms with Crippen molar-refractivity contribution in [3.8, 4) is 39.1 Å². The highest BCUT2D eigenvalue weighted by molar-refractivity contribution is 6.08. The Hall–Kier alpha value is -5.60. The van der Waals surface area contributed by atoms with E-state index in [2.05, 4.69) is 161 Å². The van der Waals surface area contributed by atoms with Crippen LogP contribution in [0.1, 0.15) is 61.1 Å². The van der Waals surface area contributed by atoms with E-state index in [-0.39, 0.29) is 10.8 Å². The number of hydrogen-bond acceptors (Lipinski definition) is 2. The highest BCUT2D eigenvalue weighted by atomic mass is 16.5. The van der Waals surface area contributed by atoms with E-state index in [1.165, 1.54) is 66.8 Å². The van der Waals surface area contributed by atoms with Crippen molar-refractivity contribution >= 4 is 27.5 Å². The Labute approximate surface area is 293 Å². The largest absolute Gasteiger partial charge is 0.485 e. The molecule has 3 aliphatic rings. The summed E-state index contributed by atoms with van der Waals surface area (Å²) >= 11 is 0. The first-order valence-electron chi connectivity index (χ1n) is 17.8. The number of benzene rings is 6. The Morgan fingerprint density at radius 3 is 1.86 bits per heavy atom. The van der Waals surface area contributed by atoms with E-state index in [9.17, 15) is 0 Å². The minimum atomic E-state index is -0.0353. The zero-order valence-electron chi connectivity index (χ0n) is 28.9. The van der Waals surface area contributed by atoms with Crippen molar-refractivity contribution < 1.29 is 9.15 Å². The average Bonchev–Trinajstić information content (AvgIpc) is 3.73. The normalized spacial score (nSPS) is 18.0. The van der Waals surface area contributed by atoms with Crippen LogP contribution in [0.5, 0.6) is 5.75 Å². The molecule has 7 aromatic rings. The number of allylic oxidation sites excluding steroid dienone is 3. The van der Waals surface area contributed by atoms with Gasteiger partial charge in [-0.25, -0.2) is 0 Å². The lowest BCUT2D eigenvalue weighted by molar-refractivity contribution is 0.358. The fourth-order valence-electron chi connectivity index (χ4n) is 8.93. The monoisotopic (exact) mass is 646 g/mol. The van der Waals surface area contributed by atoms with Crippen molar-refractivity contribution in [2.45, 2.75) is 44.9 Å². The van der Waals surface area contributed by atoms with Crippen LogP contribution in [-0.2, 0) is 17.3 Å². The lowest BCUT2D eigenvalue weighted by Gasteiger charge is -2.22. The molecule has 50 heavy (non-hydrogen) atoms. The maximum absolute atomic E-state index is 6.57. The smallest absolute Gasteiger partial charge is 0.177 e. The van der Waals surface area contributed by atoms with E-state index < -0.39 is 0 Å². The third-order valence-electron chi connectivity index (χ3n) is 11.7.